The Morgan fingerprint density at radius 2 is 1.73 bits per heavy atom. The van der Waals surface area contributed by atoms with Gasteiger partial charge in [0.25, 0.3) is 0 Å². The number of aliphatic hydroxyl groups is 1. The first kappa shape index (κ1) is 17.0. The number of benzene rings is 1. The fourth-order valence-corrected chi connectivity index (χ4v) is 2.87. The second-order valence-electron chi connectivity index (χ2n) is 5.99. The largest absolute Gasteiger partial charge is 0.388 e. The first-order valence-corrected chi connectivity index (χ1v) is 8.14. The average Bonchev–Trinajstić information content (AvgIpc) is 2.52. The van der Waals surface area contributed by atoms with Crippen LogP contribution in [0.15, 0.2) is 24.3 Å². The minimum absolute atomic E-state index is 0.0804. The molecule has 1 aliphatic carbocycles. The Hall–Kier alpha value is -1.39. The van der Waals surface area contributed by atoms with E-state index in [9.17, 15) is 14.7 Å². The van der Waals surface area contributed by atoms with Gasteiger partial charge in [-0.1, -0.05) is 30.9 Å². The van der Waals surface area contributed by atoms with Crippen LogP contribution in [0.4, 0.5) is 0 Å². The number of carbonyl (C=O) groups is 2. The molecule has 2 rings (SSSR count). The van der Waals surface area contributed by atoms with Crippen LogP contribution in [0.2, 0.25) is 5.02 Å². The van der Waals surface area contributed by atoms with Gasteiger partial charge < -0.3 is 10.4 Å². The van der Waals surface area contributed by atoms with Crippen molar-refractivity contribution in [2.75, 3.05) is 6.54 Å². The Morgan fingerprint density at radius 1 is 1.09 bits per heavy atom. The number of ketones is 1. The van der Waals surface area contributed by atoms with E-state index < -0.39 is 5.60 Å². The lowest BCUT2D eigenvalue weighted by Crippen LogP contribution is -2.44. The minimum Gasteiger partial charge on any atom is -0.388 e. The summed E-state index contributed by atoms with van der Waals surface area (Å²) >= 11 is 5.77. The Kier molecular flexibility index (Phi) is 5.98. The molecule has 0 saturated heterocycles. The van der Waals surface area contributed by atoms with Crippen molar-refractivity contribution in [1.82, 2.24) is 5.32 Å². The molecule has 5 heteroatoms. The van der Waals surface area contributed by atoms with Gasteiger partial charge in [0.2, 0.25) is 5.91 Å². The lowest BCUT2D eigenvalue weighted by Gasteiger charge is -2.32. The van der Waals surface area contributed by atoms with Gasteiger partial charge >= 0.3 is 0 Å². The third-order valence-electron chi connectivity index (χ3n) is 4.14. The first-order valence-electron chi connectivity index (χ1n) is 7.76. The number of nitrogens with one attached hydrogen (secondary N) is 1. The van der Waals surface area contributed by atoms with Gasteiger partial charge in [-0.15, -0.1) is 0 Å². The Bertz CT molecular complexity index is 521. The van der Waals surface area contributed by atoms with E-state index in [0.717, 1.165) is 32.1 Å². The topological polar surface area (TPSA) is 66.4 Å². The molecule has 1 aliphatic rings. The number of hydrogen-bond donors (Lipinski definition) is 2. The van der Waals surface area contributed by atoms with Crippen LogP contribution in [0.1, 0.15) is 55.3 Å². The zero-order chi connectivity index (χ0) is 16.0. The summed E-state index contributed by atoms with van der Waals surface area (Å²) in [6, 6.07) is 6.64. The smallest absolute Gasteiger partial charge is 0.220 e. The molecule has 1 aromatic rings. The molecule has 0 radical (unpaired) electrons. The second kappa shape index (κ2) is 7.75. The van der Waals surface area contributed by atoms with Crippen molar-refractivity contribution in [3.05, 3.63) is 34.9 Å². The molecular weight excluding hydrogens is 302 g/mol. The maximum absolute atomic E-state index is 12.0. The number of amides is 1. The Morgan fingerprint density at radius 3 is 2.36 bits per heavy atom. The van der Waals surface area contributed by atoms with Crippen molar-refractivity contribution >= 4 is 23.3 Å². The molecule has 0 unspecified atom stereocenters. The quantitative estimate of drug-likeness (QED) is 0.790. The molecular formula is C17H22ClNO3. The molecule has 120 valence electrons. The molecule has 4 nitrogen and oxygen atoms in total. The van der Waals surface area contributed by atoms with Crippen LogP contribution in [0, 0.1) is 0 Å². The molecule has 0 aromatic heterocycles. The van der Waals surface area contributed by atoms with Crippen molar-refractivity contribution in [2.24, 2.45) is 0 Å². The van der Waals surface area contributed by atoms with Crippen molar-refractivity contribution in [2.45, 2.75) is 50.5 Å². The lowest BCUT2D eigenvalue weighted by molar-refractivity contribution is -0.122. The predicted molar refractivity (Wildman–Crippen MR) is 86.1 cm³/mol. The first-order chi connectivity index (χ1) is 10.5. The van der Waals surface area contributed by atoms with E-state index in [1.165, 1.54) is 0 Å². The molecule has 1 saturated carbocycles. The molecule has 0 aliphatic heterocycles. The highest BCUT2D eigenvalue weighted by Gasteiger charge is 2.29. The van der Waals surface area contributed by atoms with E-state index in [1.807, 2.05) is 0 Å². The summed E-state index contributed by atoms with van der Waals surface area (Å²) in [5, 5.41) is 13.6. The van der Waals surface area contributed by atoms with Gasteiger partial charge in [0.15, 0.2) is 5.78 Å². The summed E-state index contributed by atoms with van der Waals surface area (Å²) in [6.45, 7) is 0.279. The lowest BCUT2D eigenvalue weighted by atomic mass is 9.85. The van der Waals surface area contributed by atoms with Gasteiger partial charge in [-0.3, -0.25) is 9.59 Å². The van der Waals surface area contributed by atoms with Gasteiger partial charge in [0.05, 0.1) is 5.60 Å². The monoisotopic (exact) mass is 323 g/mol. The molecule has 0 bridgehead atoms. The third-order valence-corrected chi connectivity index (χ3v) is 4.40. The second-order valence-corrected chi connectivity index (χ2v) is 6.43. The van der Waals surface area contributed by atoms with Crippen LogP contribution in [-0.2, 0) is 4.79 Å². The highest BCUT2D eigenvalue weighted by Crippen LogP contribution is 2.27. The highest BCUT2D eigenvalue weighted by atomic mass is 35.5. The number of rotatable bonds is 6. The summed E-state index contributed by atoms with van der Waals surface area (Å²) < 4.78 is 0. The summed E-state index contributed by atoms with van der Waals surface area (Å²) in [5.74, 6) is -0.274. The maximum Gasteiger partial charge on any atom is 0.220 e. The normalized spacial score (nSPS) is 17.0. The molecule has 1 fully saturated rings. The summed E-state index contributed by atoms with van der Waals surface area (Å²) in [5.41, 5.74) is -0.211. The van der Waals surface area contributed by atoms with Gasteiger partial charge in [-0.2, -0.15) is 0 Å². The zero-order valence-corrected chi connectivity index (χ0v) is 13.4. The minimum atomic E-state index is -0.770. The average molecular weight is 324 g/mol. The molecule has 0 spiro atoms. The summed E-state index contributed by atoms with van der Waals surface area (Å²) in [7, 11) is 0. The standard InChI is InChI=1S/C17H22ClNO3/c18-14-6-4-13(5-7-14)15(20)8-9-16(21)19-12-17(22)10-2-1-3-11-17/h4-7,22H,1-3,8-12H2,(H,19,21). The Labute approximate surface area is 135 Å². The molecule has 1 aromatic carbocycles. The van der Waals surface area contributed by atoms with E-state index in [2.05, 4.69) is 5.32 Å². The van der Waals surface area contributed by atoms with Crippen molar-refractivity contribution in [3.8, 4) is 0 Å². The van der Waals surface area contributed by atoms with E-state index in [4.69, 9.17) is 11.6 Å². The fraction of sp³-hybridized carbons (Fsp3) is 0.529. The van der Waals surface area contributed by atoms with E-state index in [-0.39, 0.29) is 31.1 Å². The van der Waals surface area contributed by atoms with Crippen molar-refractivity contribution < 1.29 is 14.7 Å². The fourth-order valence-electron chi connectivity index (χ4n) is 2.75. The van der Waals surface area contributed by atoms with Crippen LogP contribution in [0.5, 0.6) is 0 Å². The van der Waals surface area contributed by atoms with Crippen molar-refractivity contribution in [1.29, 1.82) is 0 Å². The van der Waals surface area contributed by atoms with Crippen LogP contribution in [0.25, 0.3) is 0 Å². The van der Waals surface area contributed by atoms with Gasteiger partial charge in [0.1, 0.15) is 0 Å². The van der Waals surface area contributed by atoms with Gasteiger partial charge in [0, 0.05) is 30.0 Å². The predicted octanol–water partition coefficient (Wildman–Crippen LogP) is 3.11. The van der Waals surface area contributed by atoms with Gasteiger partial charge in [-0.05, 0) is 37.1 Å². The zero-order valence-electron chi connectivity index (χ0n) is 12.6. The molecule has 0 heterocycles. The molecule has 2 N–H and O–H groups in total. The molecule has 1 amide bonds. The number of hydrogen-bond acceptors (Lipinski definition) is 3. The number of halogens is 1. The summed E-state index contributed by atoms with van der Waals surface area (Å²) in [4.78, 5) is 23.8. The maximum atomic E-state index is 12.0. The van der Waals surface area contributed by atoms with E-state index in [0.29, 0.717) is 10.6 Å². The number of carbonyl (C=O) groups excluding carboxylic acids is 2. The number of Topliss-reactive ketones (excluding diaryl/α,β-unsaturated/α-hetero) is 1. The summed E-state index contributed by atoms with van der Waals surface area (Å²) in [6.07, 6.45) is 4.91. The Balaban J connectivity index is 1.73. The van der Waals surface area contributed by atoms with Gasteiger partial charge in [-0.25, -0.2) is 0 Å². The highest BCUT2D eigenvalue weighted by molar-refractivity contribution is 6.30. The van der Waals surface area contributed by atoms with E-state index in [1.54, 1.807) is 24.3 Å². The van der Waals surface area contributed by atoms with Crippen LogP contribution < -0.4 is 5.32 Å². The van der Waals surface area contributed by atoms with E-state index >= 15 is 0 Å². The van der Waals surface area contributed by atoms with Crippen LogP contribution in [0.3, 0.4) is 0 Å². The molecule has 22 heavy (non-hydrogen) atoms. The molecule has 0 atom stereocenters. The van der Waals surface area contributed by atoms with Crippen molar-refractivity contribution in [3.63, 3.8) is 0 Å². The van der Waals surface area contributed by atoms with Crippen LogP contribution >= 0.6 is 11.6 Å². The third kappa shape index (κ3) is 5.11. The SMILES string of the molecule is O=C(CCC(=O)c1ccc(Cl)cc1)NCC1(O)CCCCC1. The van der Waals surface area contributed by atoms with Crippen LogP contribution in [-0.4, -0.2) is 28.9 Å².